The van der Waals surface area contributed by atoms with Gasteiger partial charge in [0.15, 0.2) is 5.82 Å². The Kier molecular flexibility index (Phi) is 2.40. The molecule has 0 aliphatic rings. The van der Waals surface area contributed by atoms with E-state index in [9.17, 15) is 0 Å². The van der Waals surface area contributed by atoms with Gasteiger partial charge in [-0.3, -0.25) is 5.10 Å². The molecule has 0 aliphatic carbocycles. The van der Waals surface area contributed by atoms with Crippen LogP contribution in [0.3, 0.4) is 0 Å². The fraction of sp³-hybridized carbons (Fsp3) is 0.222. The molecular formula is C9H11N5. The van der Waals surface area contributed by atoms with E-state index in [-0.39, 0.29) is 0 Å². The van der Waals surface area contributed by atoms with Gasteiger partial charge in [-0.05, 0) is 6.42 Å². The third-order valence-electron chi connectivity index (χ3n) is 1.84. The molecule has 2 heterocycles. The second kappa shape index (κ2) is 3.87. The molecule has 5 heteroatoms. The number of hydrogen-bond acceptors (Lipinski definition) is 4. The zero-order chi connectivity index (χ0) is 9.80. The van der Waals surface area contributed by atoms with Crippen LogP contribution in [-0.4, -0.2) is 20.2 Å². The first-order chi connectivity index (χ1) is 6.88. The van der Waals surface area contributed by atoms with Crippen LogP contribution in [0.15, 0.2) is 24.7 Å². The molecule has 2 rings (SSSR count). The van der Waals surface area contributed by atoms with Gasteiger partial charge in [-0.1, -0.05) is 6.92 Å². The van der Waals surface area contributed by atoms with Crippen LogP contribution in [0.25, 0.3) is 0 Å². The summed E-state index contributed by atoms with van der Waals surface area (Å²) in [7, 11) is 0. The van der Waals surface area contributed by atoms with Gasteiger partial charge in [-0.2, -0.15) is 5.10 Å². The van der Waals surface area contributed by atoms with Gasteiger partial charge in [0.1, 0.15) is 12.1 Å². The highest BCUT2D eigenvalue weighted by molar-refractivity contribution is 5.50. The average Bonchev–Trinajstić information content (AvgIpc) is 2.71. The maximum Gasteiger partial charge on any atom is 0.153 e. The molecule has 0 amide bonds. The van der Waals surface area contributed by atoms with E-state index in [2.05, 4.69) is 32.4 Å². The molecule has 2 N–H and O–H groups in total. The van der Waals surface area contributed by atoms with E-state index in [1.165, 1.54) is 0 Å². The van der Waals surface area contributed by atoms with Gasteiger partial charge in [-0.15, -0.1) is 0 Å². The van der Waals surface area contributed by atoms with Crippen LogP contribution >= 0.6 is 0 Å². The fourth-order valence-electron chi connectivity index (χ4n) is 1.12. The van der Waals surface area contributed by atoms with E-state index in [4.69, 9.17) is 0 Å². The number of anilines is 2. The quantitative estimate of drug-likeness (QED) is 0.768. The van der Waals surface area contributed by atoms with Crippen molar-refractivity contribution in [2.75, 3.05) is 5.32 Å². The summed E-state index contributed by atoms with van der Waals surface area (Å²) in [5, 5.41) is 9.76. The number of H-pyrrole nitrogens is 1. The summed E-state index contributed by atoms with van der Waals surface area (Å²) in [5.41, 5.74) is 1.01. The number of aromatic nitrogens is 4. The van der Waals surface area contributed by atoms with Gasteiger partial charge < -0.3 is 5.32 Å². The Hall–Kier alpha value is -1.91. The first-order valence-corrected chi connectivity index (χ1v) is 4.46. The second-order valence-electron chi connectivity index (χ2n) is 2.83. The molecule has 2 aromatic heterocycles. The minimum atomic E-state index is 0.755. The number of aromatic amines is 1. The van der Waals surface area contributed by atoms with E-state index < -0.39 is 0 Å². The lowest BCUT2D eigenvalue weighted by molar-refractivity contribution is 0.998. The molecule has 14 heavy (non-hydrogen) atoms. The van der Waals surface area contributed by atoms with Crippen molar-refractivity contribution in [2.24, 2.45) is 0 Å². The van der Waals surface area contributed by atoms with Crippen LogP contribution in [0.4, 0.5) is 11.6 Å². The van der Waals surface area contributed by atoms with Gasteiger partial charge in [0.25, 0.3) is 0 Å². The topological polar surface area (TPSA) is 66.5 Å². The van der Waals surface area contributed by atoms with Crippen molar-refractivity contribution < 1.29 is 0 Å². The maximum absolute atomic E-state index is 4.11. The van der Waals surface area contributed by atoms with Gasteiger partial charge in [0.2, 0.25) is 0 Å². The first-order valence-electron chi connectivity index (χ1n) is 4.46. The molecule has 0 fully saturated rings. The van der Waals surface area contributed by atoms with E-state index in [0.717, 1.165) is 23.8 Å². The Bertz CT molecular complexity index is 395. The van der Waals surface area contributed by atoms with Gasteiger partial charge in [0, 0.05) is 24.0 Å². The highest BCUT2D eigenvalue weighted by Crippen LogP contribution is 2.10. The molecule has 0 saturated heterocycles. The van der Waals surface area contributed by atoms with Crippen LogP contribution in [0.5, 0.6) is 0 Å². The molecule has 0 aromatic carbocycles. The molecule has 0 radical (unpaired) electrons. The summed E-state index contributed by atoms with van der Waals surface area (Å²) in [6, 6.07) is 3.75. The zero-order valence-corrected chi connectivity index (χ0v) is 7.86. The van der Waals surface area contributed by atoms with Gasteiger partial charge >= 0.3 is 0 Å². The summed E-state index contributed by atoms with van der Waals surface area (Å²) < 4.78 is 0. The third kappa shape index (κ3) is 1.87. The molecule has 2 aromatic rings. The van der Waals surface area contributed by atoms with Crippen molar-refractivity contribution in [3.05, 3.63) is 30.4 Å². The lowest BCUT2D eigenvalue weighted by Gasteiger charge is -2.02. The molecule has 0 atom stereocenters. The predicted molar refractivity (Wildman–Crippen MR) is 53.3 cm³/mol. The first kappa shape index (κ1) is 8.68. The molecular weight excluding hydrogens is 178 g/mol. The van der Waals surface area contributed by atoms with E-state index in [1.807, 2.05) is 12.1 Å². The lowest BCUT2D eigenvalue weighted by atomic mass is 10.3. The molecule has 0 aliphatic heterocycles. The minimum absolute atomic E-state index is 0.755. The number of nitrogens with one attached hydrogen (secondary N) is 2. The Morgan fingerprint density at radius 1 is 1.36 bits per heavy atom. The lowest BCUT2D eigenvalue weighted by Crippen LogP contribution is -1.96. The molecule has 72 valence electrons. The van der Waals surface area contributed by atoms with E-state index in [1.54, 1.807) is 12.5 Å². The number of hydrogen-bond donors (Lipinski definition) is 2. The zero-order valence-electron chi connectivity index (χ0n) is 7.86. The standard InChI is InChI=1S/C9H11N5/c1-2-7-5-9(11-6-10-7)13-8-3-4-12-14-8/h3-6H,2H2,1H3,(H2,10,11,12,13,14). The Morgan fingerprint density at radius 3 is 3.00 bits per heavy atom. The summed E-state index contributed by atoms with van der Waals surface area (Å²) in [5.74, 6) is 1.52. The second-order valence-corrected chi connectivity index (χ2v) is 2.83. The summed E-state index contributed by atoms with van der Waals surface area (Å²) >= 11 is 0. The molecule has 0 saturated carbocycles. The summed E-state index contributed by atoms with van der Waals surface area (Å²) in [6.45, 7) is 2.06. The highest BCUT2D eigenvalue weighted by atomic mass is 15.2. The van der Waals surface area contributed by atoms with Crippen LogP contribution < -0.4 is 5.32 Å². The van der Waals surface area contributed by atoms with Gasteiger partial charge in [0.05, 0.1) is 0 Å². The SMILES string of the molecule is CCc1cc(Nc2cc[nH]n2)ncn1. The number of aryl methyl sites for hydroxylation is 1. The van der Waals surface area contributed by atoms with E-state index in [0.29, 0.717) is 0 Å². The maximum atomic E-state index is 4.11. The summed E-state index contributed by atoms with van der Waals surface area (Å²) in [4.78, 5) is 8.19. The summed E-state index contributed by atoms with van der Waals surface area (Å²) in [6.07, 6.45) is 4.20. The van der Waals surface area contributed by atoms with Gasteiger partial charge in [-0.25, -0.2) is 9.97 Å². The van der Waals surface area contributed by atoms with Crippen molar-refractivity contribution in [3.63, 3.8) is 0 Å². The fourth-order valence-corrected chi connectivity index (χ4v) is 1.12. The predicted octanol–water partition coefficient (Wildman–Crippen LogP) is 1.51. The van der Waals surface area contributed by atoms with Crippen LogP contribution in [0.2, 0.25) is 0 Å². The van der Waals surface area contributed by atoms with Crippen LogP contribution in [0.1, 0.15) is 12.6 Å². The molecule has 5 nitrogen and oxygen atoms in total. The van der Waals surface area contributed by atoms with E-state index >= 15 is 0 Å². The average molecular weight is 189 g/mol. The highest BCUT2D eigenvalue weighted by Gasteiger charge is 1.98. The number of rotatable bonds is 3. The van der Waals surface area contributed by atoms with Crippen LogP contribution in [-0.2, 0) is 6.42 Å². The number of nitrogens with zero attached hydrogens (tertiary/aromatic N) is 3. The minimum Gasteiger partial charge on any atom is -0.323 e. The normalized spacial score (nSPS) is 10.1. The largest absolute Gasteiger partial charge is 0.323 e. The van der Waals surface area contributed by atoms with Crippen molar-refractivity contribution in [1.82, 2.24) is 20.2 Å². The molecule has 0 bridgehead atoms. The Morgan fingerprint density at radius 2 is 2.29 bits per heavy atom. The monoisotopic (exact) mass is 189 g/mol. The third-order valence-corrected chi connectivity index (χ3v) is 1.84. The molecule has 0 spiro atoms. The smallest absolute Gasteiger partial charge is 0.153 e. The Labute approximate surface area is 81.6 Å². The van der Waals surface area contributed by atoms with Crippen molar-refractivity contribution in [1.29, 1.82) is 0 Å². The van der Waals surface area contributed by atoms with Crippen molar-refractivity contribution in [3.8, 4) is 0 Å². The Balaban J connectivity index is 2.17. The molecule has 0 unspecified atom stereocenters. The van der Waals surface area contributed by atoms with Crippen molar-refractivity contribution in [2.45, 2.75) is 13.3 Å². The van der Waals surface area contributed by atoms with Crippen LogP contribution in [0, 0.1) is 0 Å². The van der Waals surface area contributed by atoms with Crippen molar-refractivity contribution >= 4 is 11.6 Å².